The van der Waals surface area contributed by atoms with Crippen LogP contribution >= 0.6 is 11.6 Å². The fourth-order valence-corrected chi connectivity index (χ4v) is 5.60. The molecule has 5 rings (SSSR count). The molecule has 0 spiro atoms. The predicted molar refractivity (Wildman–Crippen MR) is 89.9 cm³/mol. The Bertz CT molecular complexity index is 1020. The molecule has 0 bridgehead atoms. The Balaban J connectivity index is 1.63. The first-order valence-corrected chi connectivity index (χ1v) is 9.21. The van der Waals surface area contributed by atoms with Crippen LogP contribution in [0.3, 0.4) is 0 Å². The minimum absolute atomic E-state index is 0.0724. The van der Waals surface area contributed by atoms with E-state index < -0.39 is 10.0 Å². The number of hydrogen-bond acceptors (Lipinski definition) is 2. The lowest BCUT2D eigenvalue weighted by Crippen LogP contribution is -2.15. The van der Waals surface area contributed by atoms with Gasteiger partial charge in [0, 0.05) is 5.02 Å². The van der Waals surface area contributed by atoms with Crippen molar-refractivity contribution in [3.63, 3.8) is 0 Å². The van der Waals surface area contributed by atoms with Crippen molar-refractivity contribution in [1.82, 2.24) is 4.31 Å². The summed E-state index contributed by atoms with van der Waals surface area (Å²) >= 11 is 5.87. The molecule has 2 atom stereocenters. The first-order chi connectivity index (χ1) is 11.1. The molecule has 1 aliphatic carbocycles. The van der Waals surface area contributed by atoms with Crippen molar-refractivity contribution in [2.75, 3.05) is 0 Å². The molecule has 1 heterocycles. The molecule has 3 nitrogen and oxygen atoms in total. The van der Waals surface area contributed by atoms with Crippen molar-refractivity contribution < 1.29 is 8.42 Å². The van der Waals surface area contributed by atoms with E-state index in [-0.39, 0.29) is 12.1 Å². The summed E-state index contributed by atoms with van der Waals surface area (Å²) in [6.45, 7) is 0. The molecule has 2 aliphatic rings. The Hall–Kier alpha value is -1.88. The number of nitrogens with zero attached hydrogens (tertiary/aromatic N) is 1. The second-order valence-corrected chi connectivity index (χ2v) is 8.25. The summed E-state index contributed by atoms with van der Waals surface area (Å²) in [5, 5.41) is 2.92. The Morgan fingerprint density at radius 1 is 0.826 bits per heavy atom. The standard InChI is InChI=1S/C18H12ClNO2S/c19-12-7-9-13(10-8-12)23(21,22)20-17-14-5-1-3-11-4-2-6-15(16(11)14)18(17)20/h1-10,17-18H. The summed E-state index contributed by atoms with van der Waals surface area (Å²) in [6, 6.07) is 18.4. The van der Waals surface area contributed by atoms with Crippen molar-refractivity contribution in [2.45, 2.75) is 17.0 Å². The largest absolute Gasteiger partial charge is 0.244 e. The van der Waals surface area contributed by atoms with Crippen LogP contribution in [0.4, 0.5) is 0 Å². The van der Waals surface area contributed by atoms with E-state index in [0.29, 0.717) is 9.92 Å². The van der Waals surface area contributed by atoms with E-state index in [1.165, 1.54) is 10.8 Å². The molecule has 5 heteroatoms. The van der Waals surface area contributed by atoms with Crippen LogP contribution < -0.4 is 0 Å². The van der Waals surface area contributed by atoms with Gasteiger partial charge in [-0.05, 0) is 46.2 Å². The van der Waals surface area contributed by atoms with Gasteiger partial charge in [-0.25, -0.2) is 8.42 Å². The molecule has 1 saturated heterocycles. The van der Waals surface area contributed by atoms with E-state index in [1.807, 2.05) is 24.3 Å². The highest BCUT2D eigenvalue weighted by molar-refractivity contribution is 7.89. The Morgan fingerprint density at radius 3 is 1.96 bits per heavy atom. The van der Waals surface area contributed by atoms with Gasteiger partial charge in [-0.3, -0.25) is 0 Å². The maximum atomic E-state index is 12.9. The van der Waals surface area contributed by atoms with E-state index in [4.69, 9.17) is 11.6 Å². The van der Waals surface area contributed by atoms with Gasteiger partial charge in [-0.2, -0.15) is 4.31 Å². The molecule has 2 unspecified atom stereocenters. The molecule has 0 amide bonds. The summed E-state index contributed by atoms with van der Waals surface area (Å²) in [5.74, 6) is 0. The zero-order valence-corrected chi connectivity index (χ0v) is 13.6. The molecule has 3 aromatic carbocycles. The first kappa shape index (κ1) is 13.5. The van der Waals surface area contributed by atoms with Crippen molar-refractivity contribution in [1.29, 1.82) is 0 Å². The second-order valence-electron chi connectivity index (χ2n) is 5.97. The molecule has 1 aliphatic heterocycles. The lowest BCUT2D eigenvalue weighted by Gasteiger charge is -2.12. The molecule has 0 aromatic heterocycles. The number of halogens is 1. The fraction of sp³-hybridized carbons (Fsp3) is 0.111. The van der Waals surface area contributed by atoms with Gasteiger partial charge in [0.25, 0.3) is 0 Å². The number of rotatable bonds is 2. The minimum Gasteiger partial charge on any atom is -0.207 e. The number of sulfonamides is 1. The lowest BCUT2D eigenvalue weighted by molar-refractivity contribution is 0.546. The third-order valence-corrected chi connectivity index (χ3v) is 6.88. The third kappa shape index (κ3) is 1.71. The summed E-state index contributed by atoms with van der Waals surface area (Å²) < 4.78 is 27.5. The van der Waals surface area contributed by atoms with Gasteiger partial charge in [0.15, 0.2) is 0 Å². The van der Waals surface area contributed by atoms with Crippen LogP contribution in [0.15, 0.2) is 65.6 Å². The molecule has 114 valence electrons. The Labute approximate surface area is 139 Å². The highest BCUT2D eigenvalue weighted by atomic mass is 35.5. The van der Waals surface area contributed by atoms with Crippen molar-refractivity contribution in [2.24, 2.45) is 0 Å². The Kier molecular flexibility index (Phi) is 2.56. The quantitative estimate of drug-likeness (QED) is 0.652. The maximum absolute atomic E-state index is 12.9. The topological polar surface area (TPSA) is 37.1 Å². The molecule has 23 heavy (non-hydrogen) atoms. The molecular weight excluding hydrogens is 330 g/mol. The van der Waals surface area contributed by atoms with Crippen LogP contribution in [0.25, 0.3) is 10.8 Å². The van der Waals surface area contributed by atoms with Crippen LogP contribution in [0.2, 0.25) is 5.02 Å². The van der Waals surface area contributed by atoms with Crippen molar-refractivity contribution in [3.8, 4) is 0 Å². The average Bonchev–Trinajstić information content (AvgIpc) is 3.23. The highest BCUT2D eigenvalue weighted by Crippen LogP contribution is 2.64. The van der Waals surface area contributed by atoms with Gasteiger partial charge in [-0.1, -0.05) is 48.0 Å². The van der Waals surface area contributed by atoms with Gasteiger partial charge < -0.3 is 0 Å². The zero-order chi connectivity index (χ0) is 15.8. The van der Waals surface area contributed by atoms with Gasteiger partial charge in [0.05, 0.1) is 17.0 Å². The fourth-order valence-electron chi connectivity index (χ4n) is 3.75. The molecular formula is C18H12ClNO2S. The van der Waals surface area contributed by atoms with Gasteiger partial charge >= 0.3 is 0 Å². The Morgan fingerprint density at radius 2 is 1.39 bits per heavy atom. The zero-order valence-electron chi connectivity index (χ0n) is 12.0. The van der Waals surface area contributed by atoms with Gasteiger partial charge in [0.1, 0.15) is 0 Å². The third-order valence-electron chi connectivity index (χ3n) is 4.75. The summed E-state index contributed by atoms with van der Waals surface area (Å²) in [4.78, 5) is 0.293. The monoisotopic (exact) mass is 341 g/mol. The van der Waals surface area contributed by atoms with Crippen molar-refractivity contribution in [3.05, 3.63) is 76.8 Å². The lowest BCUT2D eigenvalue weighted by atomic mass is 10.0. The van der Waals surface area contributed by atoms with E-state index >= 15 is 0 Å². The van der Waals surface area contributed by atoms with E-state index in [9.17, 15) is 8.42 Å². The number of fused-ring (bicyclic) bond motifs is 3. The van der Waals surface area contributed by atoms with Crippen LogP contribution in [-0.2, 0) is 10.0 Å². The molecule has 1 fully saturated rings. The van der Waals surface area contributed by atoms with E-state index in [2.05, 4.69) is 12.1 Å². The predicted octanol–water partition coefficient (Wildman–Crippen LogP) is 4.29. The average molecular weight is 342 g/mol. The van der Waals surface area contributed by atoms with Crippen molar-refractivity contribution >= 4 is 32.4 Å². The smallest absolute Gasteiger partial charge is 0.207 e. The normalized spacial score (nSPS) is 24.7. The van der Waals surface area contributed by atoms with E-state index in [0.717, 1.165) is 11.1 Å². The van der Waals surface area contributed by atoms with Gasteiger partial charge in [-0.15, -0.1) is 0 Å². The van der Waals surface area contributed by atoms with E-state index in [1.54, 1.807) is 28.6 Å². The van der Waals surface area contributed by atoms with Gasteiger partial charge in [0.2, 0.25) is 10.0 Å². The van der Waals surface area contributed by atoms with Crippen LogP contribution in [0, 0.1) is 0 Å². The second kappa shape index (κ2) is 4.35. The SMILES string of the molecule is O=S(=O)(c1ccc(Cl)cc1)N1C2c3cccc4cccc(c34)C21. The maximum Gasteiger partial charge on any atom is 0.244 e. The highest BCUT2D eigenvalue weighted by Gasteiger charge is 2.61. The summed E-state index contributed by atoms with van der Waals surface area (Å²) in [7, 11) is -3.51. The molecule has 0 radical (unpaired) electrons. The van der Waals surface area contributed by atoms with Crippen LogP contribution in [0.5, 0.6) is 0 Å². The number of benzene rings is 3. The molecule has 3 aromatic rings. The molecule has 0 N–H and O–H groups in total. The first-order valence-electron chi connectivity index (χ1n) is 7.40. The van der Waals surface area contributed by atoms with Crippen LogP contribution in [-0.4, -0.2) is 12.7 Å². The van der Waals surface area contributed by atoms with Crippen LogP contribution in [0.1, 0.15) is 23.2 Å². The summed E-state index contributed by atoms with van der Waals surface area (Å²) in [5.41, 5.74) is 2.22. The summed E-state index contributed by atoms with van der Waals surface area (Å²) in [6.07, 6.45) is 0. The molecule has 0 saturated carbocycles. The number of hydrogen-bond donors (Lipinski definition) is 0. The minimum atomic E-state index is -3.51.